The fraction of sp³-hybridized carbons (Fsp3) is 0.542. The van der Waals surface area contributed by atoms with Crippen LogP contribution in [0.25, 0.3) is 10.8 Å². The van der Waals surface area contributed by atoms with Crippen molar-refractivity contribution in [1.82, 2.24) is 15.1 Å². The van der Waals surface area contributed by atoms with Gasteiger partial charge in [-0.1, -0.05) is 42.5 Å². The first kappa shape index (κ1) is 23.7. The Kier molecular flexibility index (Phi) is 9.92. The number of hydrogen-bond acceptors (Lipinski definition) is 3. The van der Waals surface area contributed by atoms with Gasteiger partial charge in [0, 0.05) is 13.1 Å². The van der Waals surface area contributed by atoms with Crippen molar-refractivity contribution in [2.45, 2.75) is 32.1 Å². The molecule has 1 fully saturated rings. The summed E-state index contributed by atoms with van der Waals surface area (Å²) in [6.07, 6.45) is 5.23. The van der Waals surface area contributed by atoms with E-state index in [9.17, 15) is 4.79 Å². The Morgan fingerprint density at radius 3 is 2.55 bits per heavy atom. The van der Waals surface area contributed by atoms with Crippen molar-refractivity contribution in [3.63, 3.8) is 0 Å². The number of likely N-dealkylation sites (tertiary alicyclic amines) is 1. The van der Waals surface area contributed by atoms with Crippen LogP contribution < -0.4 is 5.32 Å². The van der Waals surface area contributed by atoms with Crippen LogP contribution in [0.3, 0.4) is 0 Å². The Labute approximate surface area is 182 Å². The number of unbranched alkanes of at least 4 members (excludes halogenated alkanes) is 1. The van der Waals surface area contributed by atoms with E-state index in [1.54, 1.807) is 0 Å². The molecule has 1 saturated heterocycles. The van der Waals surface area contributed by atoms with Crippen LogP contribution >= 0.6 is 12.4 Å². The molecule has 0 spiro atoms. The minimum absolute atomic E-state index is 0. The van der Waals surface area contributed by atoms with Crippen LogP contribution in [0.5, 0.6) is 0 Å². The number of carbonyl (C=O) groups is 1. The van der Waals surface area contributed by atoms with Gasteiger partial charge in [0.1, 0.15) is 0 Å². The fourth-order valence-electron chi connectivity index (χ4n) is 4.09. The third-order valence-corrected chi connectivity index (χ3v) is 5.83. The summed E-state index contributed by atoms with van der Waals surface area (Å²) in [6, 6.07) is 14.6. The summed E-state index contributed by atoms with van der Waals surface area (Å²) in [5.74, 6) is 0.974. The molecule has 0 atom stereocenters. The van der Waals surface area contributed by atoms with E-state index in [1.165, 1.54) is 30.2 Å². The number of hydrogen-bond donors (Lipinski definition) is 1. The van der Waals surface area contributed by atoms with Crippen LogP contribution in [0.1, 0.15) is 31.2 Å². The molecular weight excluding hydrogens is 382 g/mol. The normalized spacial score (nSPS) is 14.9. The van der Waals surface area contributed by atoms with Gasteiger partial charge in [0.15, 0.2) is 0 Å². The van der Waals surface area contributed by atoms with Gasteiger partial charge in [-0.3, -0.25) is 4.79 Å². The number of benzene rings is 2. The summed E-state index contributed by atoms with van der Waals surface area (Å²) in [7, 11) is 4.26. The quantitative estimate of drug-likeness (QED) is 0.627. The first-order valence-corrected chi connectivity index (χ1v) is 10.7. The van der Waals surface area contributed by atoms with E-state index in [0.717, 1.165) is 44.6 Å². The summed E-state index contributed by atoms with van der Waals surface area (Å²) in [5.41, 5.74) is 1.14. The molecule has 160 valence electrons. The lowest BCUT2D eigenvalue weighted by Crippen LogP contribution is -2.41. The molecule has 3 rings (SSSR count). The van der Waals surface area contributed by atoms with Crippen LogP contribution in [0.15, 0.2) is 42.5 Å². The predicted molar refractivity (Wildman–Crippen MR) is 125 cm³/mol. The van der Waals surface area contributed by atoms with Crippen molar-refractivity contribution in [2.75, 3.05) is 46.8 Å². The van der Waals surface area contributed by atoms with Gasteiger partial charge >= 0.3 is 0 Å². The van der Waals surface area contributed by atoms with Gasteiger partial charge in [0.25, 0.3) is 0 Å². The number of nitrogens with zero attached hydrogens (tertiary/aromatic N) is 2. The molecule has 0 unspecified atom stereocenters. The van der Waals surface area contributed by atoms with E-state index >= 15 is 0 Å². The SMILES string of the molecule is CN(C)CCCCNCC1CCN(C(=O)Cc2cccc3ccccc23)CC1.Cl. The monoisotopic (exact) mass is 417 g/mol. The highest BCUT2D eigenvalue weighted by Gasteiger charge is 2.22. The highest BCUT2D eigenvalue weighted by atomic mass is 35.5. The first-order valence-electron chi connectivity index (χ1n) is 10.7. The van der Waals surface area contributed by atoms with E-state index in [1.807, 2.05) is 0 Å². The lowest BCUT2D eigenvalue weighted by Gasteiger charge is -2.32. The zero-order valence-electron chi connectivity index (χ0n) is 17.9. The Morgan fingerprint density at radius 1 is 1.07 bits per heavy atom. The number of halogens is 1. The molecule has 2 aromatic rings. The minimum atomic E-state index is 0. The molecule has 1 aliphatic rings. The van der Waals surface area contributed by atoms with E-state index in [-0.39, 0.29) is 18.3 Å². The summed E-state index contributed by atoms with van der Waals surface area (Å²) < 4.78 is 0. The molecule has 1 amide bonds. The maximum Gasteiger partial charge on any atom is 0.227 e. The molecule has 1 aliphatic heterocycles. The van der Waals surface area contributed by atoms with Crippen molar-refractivity contribution in [1.29, 1.82) is 0 Å². The second-order valence-electron chi connectivity index (χ2n) is 8.35. The number of amides is 1. The van der Waals surface area contributed by atoms with Gasteiger partial charge in [-0.15, -0.1) is 12.4 Å². The molecule has 2 aromatic carbocycles. The predicted octanol–water partition coefficient (Wildman–Crippen LogP) is 3.97. The summed E-state index contributed by atoms with van der Waals surface area (Å²) in [5, 5.41) is 6.02. The van der Waals surface area contributed by atoms with Crippen molar-refractivity contribution < 1.29 is 4.79 Å². The summed E-state index contributed by atoms with van der Waals surface area (Å²) in [6.45, 7) is 5.16. The number of carbonyl (C=O) groups excluding carboxylic acids is 1. The summed E-state index contributed by atoms with van der Waals surface area (Å²) in [4.78, 5) is 17.1. The van der Waals surface area contributed by atoms with Crippen LogP contribution in [0.2, 0.25) is 0 Å². The number of rotatable bonds is 9. The molecule has 0 bridgehead atoms. The van der Waals surface area contributed by atoms with E-state index in [4.69, 9.17) is 0 Å². The molecular formula is C24H36ClN3O. The third kappa shape index (κ3) is 7.29. The highest BCUT2D eigenvalue weighted by Crippen LogP contribution is 2.21. The van der Waals surface area contributed by atoms with E-state index < -0.39 is 0 Å². The van der Waals surface area contributed by atoms with Crippen LogP contribution in [0.4, 0.5) is 0 Å². The molecule has 5 heteroatoms. The molecule has 1 N–H and O–H groups in total. The second-order valence-corrected chi connectivity index (χ2v) is 8.35. The molecule has 0 radical (unpaired) electrons. The molecule has 29 heavy (non-hydrogen) atoms. The minimum Gasteiger partial charge on any atom is -0.342 e. The molecule has 1 heterocycles. The Bertz CT molecular complexity index is 751. The van der Waals surface area contributed by atoms with Crippen LogP contribution in [-0.2, 0) is 11.2 Å². The number of piperidine rings is 1. The first-order chi connectivity index (χ1) is 13.6. The highest BCUT2D eigenvalue weighted by molar-refractivity contribution is 5.90. The van der Waals surface area contributed by atoms with Crippen LogP contribution in [-0.4, -0.2) is 62.5 Å². The van der Waals surface area contributed by atoms with Gasteiger partial charge in [-0.05, 0) is 81.7 Å². The van der Waals surface area contributed by atoms with Crippen molar-refractivity contribution >= 4 is 29.1 Å². The standard InChI is InChI=1S/C24H35N3O.ClH/c1-26(2)15-6-5-14-25-19-20-12-16-27(17-13-20)24(28)18-22-10-7-9-21-8-3-4-11-23(21)22;/h3-4,7-11,20,25H,5-6,12-19H2,1-2H3;1H. The number of fused-ring (bicyclic) bond motifs is 1. The lowest BCUT2D eigenvalue weighted by molar-refractivity contribution is -0.131. The molecule has 0 saturated carbocycles. The van der Waals surface area contributed by atoms with Crippen molar-refractivity contribution in [2.24, 2.45) is 5.92 Å². The molecule has 4 nitrogen and oxygen atoms in total. The Hall–Kier alpha value is -1.62. The maximum absolute atomic E-state index is 12.8. The lowest BCUT2D eigenvalue weighted by atomic mass is 9.95. The van der Waals surface area contributed by atoms with Crippen LogP contribution in [0, 0.1) is 5.92 Å². The van der Waals surface area contributed by atoms with E-state index in [0.29, 0.717) is 12.3 Å². The topological polar surface area (TPSA) is 35.6 Å². The second kappa shape index (κ2) is 12.2. The van der Waals surface area contributed by atoms with Gasteiger partial charge in [0.2, 0.25) is 5.91 Å². The van der Waals surface area contributed by atoms with Crippen molar-refractivity contribution in [3.8, 4) is 0 Å². The fourth-order valence-corrected chi connectivity index (χ4v) is 4.09. The average molecular weight is 418 g/mol. The smallest absolute Gasteiger partial charge is 0.227 e. The van der Waals surface area contributed by atoms with Gasteiger partial charge in [0.05, 0.1) is 6.42 Å². The third-order valence-electron chi connectivity index (χ3n) is 5.83. The average Bonchev–Trinajstić information content (AvgIpc) is 2.71. The van der Waals surface area contributed by atoms with Gasteiger partial charge in [-0.2, -0.15) is 0 Å². The van der Waals surface area contributed by atoms with Crippen molar-refractivity contribution in [3.05, 3.63) is 48.0 Å². The largest absolute Gasteiger partial charge is 0.342 e. The zero-order chi connectivity index (χ0) is 19.8. The maximum atomic E-state index is 12.8. The Balaban J connectivity index is 0.00000300. The molecule has 0 aliphatic carbocycles. The molecule has 0 aromatic heterocycles. The van der Waals surface area contributed by atoms with E-state index in [2.05, 4.69) is 71.7 Å². The Morgan fingerprint density at radius 2 is 1.79 bits per heavy atom. The zero-order valence-corrected chi connectivity index (χ0v) is 18.7. The van der Waals surface area contributed by atoms with Gasteiger partial charge < -0.3 is 15.1 Å². The number of nitrogens with one attached hydrogen (secondary N) is 1. The van der Waals surface area contributed by atoms with Gasteiger partial charge in [-0.25, -0.2) is 0 Å². The summed E-state index contributed by atoms with van der Waals surface area (Å²) >= 11 is 0.